The number of rotatable bonds is 6. The van der Waals surface area contributed by atoms with Crippen molar-refractivity contribution in [2.24, 2.45) is 0 Å². The van der Waals surface area contributed by atoms with Crippen LogP contribution in [-0.4, -0.2) is 38.4 Å². The van der Waals surface area contributed by atoms with Gasteiger partial charge < -0.3 is 9.47 Å². The number of aromatic nitrogens is 3. The van der Waals surface area contributed by atoms with Crippen LogP contribution in [-0.2, 0) is 17.8 Å². The van der Waals surface area contributed by atoms with E-state index in [0.29, 0.717) is 11.7 Å². The van der Waals surface area contributed by atoms with Crippen molar-refractivity contribution in [2.75, 3.05) is 12.8 Å². The summed E-state index contributed by atoms with van der Waals surface area (Å²) in [5, 5.41) is 9.57. The third kappa shape index (κ3) is 3.39. The summed E-state index contributed by atoms with van der Waals surface area (Å²) in [4.78, 5) is 14.8. The first-order chi connectivity index (χ1) is 12.7. The highest BCUT2D eigenvalue weighted by Gasteiger charge is 2.31. The van der Waals surface area contributed by atoms with Crippen LogP contribution in [0.1, 0.15) is 61.5 Å². The van der Waals surface area contributed by atoms with Crippen LogP contribution in [0, 0.1) is 0 Å². The van der Waals surface area contributed by atoms with E-state index in [1.807, 2.05) is 11.9 Å². The third-order valence-electron chi connectivity index (χ3n) is 5.53. The van der Waals surface area contributed by atoms with Crippen LogP contribution in [0.3, 0.4) is 0 Å². The maximum atomic E-state index is 12.8. The molecule has 4 rings (SSSR count). The van der Waals surface area contributed by atoms with Crippen LogP contribution in [0.2, 0.25) is 0 Å². The number of nitrogens with zero attached hydrogens (tertiary/aromatic N) is 4. The average molecular weight is 371 g/mol. The third-order valence-corrected chi connectivity index (χ3v) is 6.48. The molecule has 1 heterocycles. The fourth-order valence-corrected chi connectivity index (χ4v) is 4.81. The number of fused-ring (bicyclic) bond motifs is 1. The fourth-order valence-electron chi connectivity index (χ4n) is 3.88. The number of hydrogen-bond donors (Lipinski definition) is 0. The molecule has 0 bridgehead atoms. The molecule has 1 amide bonds. The van der Waals surface area contributed by atoms with Gasteiger partial charge in [0, 0.05) is 19.5 Å². The molecule has 0 saturated heterocycles. The van der Waals surface area contributed by atoms with Crippen molar-refractivity contribution in [1.29, 1.82) is 0 Å². The lowest BCUT2D eigenvalue weighted by molar-refractivity contribution is -0.129. The molecule has 138 valence electrons. The van der Waals surface area contributed by atoms with E-state index < -0.39 is 0 Å². The van der Waals surface area contributed by atoms with Crippen molar-refractivity contribution in [3.63, 3.8) is 0 Å². The van der Waals surface area contributed by atoms with Crippen LogP contribution in [0.25, 0.3) is 0 Å². The molecule has 2 aromatic rings. The molecule has 2 aliphatic rings. The number of carbonyl (C=O) groups excluding carboxylic acids is 1. The smallest absolute Gasteiger partial charge is 0.233 e. The number of thioether (sulfide) groups is 1. The van der Waals surface area contributed by atoms with E-state index in [2.05, 4.69) is 46.0 Å². The Labute approximate surface area is 159 Å². The molecule has 1 aromatic heterocycles. The Bertz CT molecular complexity index is 799. The zero-order valence-corrected chi connectivity index (χ0v) is 16.3. The van der Waals surface area contributed by atoms with Crippen LogP contribution < -0.4 is 0 Å². The van der Waals surface area contributed by atoms with Crippen LogP contribution in [0.5, 0.6) is 0 Å². The Balaban J connectivity index is 1.43. The second-order valence-corrected chi connectivity index (χ2v) is 8.20. The molecule has 6 heteroatoms. The minimum atomic E-state index is 0.162. The average Bonchev–Trinajstić information content (AvgIpc) is 3.44. The highest BCUT2D eigenvalue weighted by molar-refractivity contribution is 7.99. The summed E-state index contributed by atoms with van der Waals surface area (Å²) in [6, 6.07) is 8.73. The second-order valence-electron chi connectivity index (χ2n) is 7.26. The Morgan fingerprint density at radius 2 is 2.08 bits per heavy atom. The van der Waals surface area contributed by atoms with Gasteiger partial charge >= 0.3 is 0 Å². The SMILES string of the molecule is CCn1c(SCC(=O)N(C)C2CCCc3ccccc32)nnc1C1CC1. The number of benzene rings is 1. The predicted octanol–water partition coefficient (Wildman–Crippen LogP) is 3.80. The van der Waals surface area contributed by atoms with E-state index in [1.165, 1.54) is 35.7 Å². The molecular formula is C20H26N4OS. The normalized spacial score (nSPS) is 19.2. The Morgan fingerprint density at radius 1 is 1.27 bits per heavy atom. The van der Waals surface area contributed by atoms with Gasteiger partial charge in [-0.15, -0.1) is 10.2 Å². The van der Waals surface area contributed by atoms with E-state index >= 15 is 0 Å². The van der Waals surface area contributed by atoms with Gasteiger partial charge in [-0.05, 0) is 50.2 Å². The van der Waals surface area contributed by atoms with Crippen molar-refractivity contribution in [1.82, 2.24) is 19.7 Å². The zero-order chi connectivity index (χ0) is 18.1. The zero-order valence-electron chi connectivity index (χ0n) is 15.5. The minimum absolute atomic E-state index is 0.162. The molecule has 5 nitrogen and oxygen atoms in total. The van der Waals surface area contributed by atoms with Gasteiger partial charge in [0.15, 0.2) is 5.16 Å². The molecule has 1 fully saturated rings. The summed E-state index contributed by atoms with van der Waals surface area (Å²) in [7, 11) is 1.94. The number of aryl methyl sites for hydroxylation is 1. The topological polar surface area (TPSA) is 51.0 Å². The highest BCUT2D eigenvalue weighted by Crippen LogP contribution is 2.40. The molecule has 1 saturated carbocycles. The monoisotopic (exact) mass is 370 g/mol. The van der Waals surface area contributed by atoms with Crippen molar-refractivity contribution in [2.45, 2.75) is 62.7 Å². The molecular weight excluding hydrogens is 344 g/mol. The van der Waals surface area contributed by atoms with Crippen LogP contribution in [0.15, 0.2) is 29.4 Å². The standard InChI is InChI=1S/C20H26N4OS/c1-3-24-19(15-11-12-15)21-22-20(24)26-13-18(25)23(2)17-10-6-8-14-7-4-5-9-16(14)17/h4-5,7,9,15,17H,3,6,8,10-13H2,1-2H3. The number of amides is 1. The largest absolute Gasteiger partial charge is 0.338 e. The second kappa shape index (κ2) is 7.43. The summed E-state index contributed by atoms with van der Waals surface area (Å²) in [5.41, 5.74) is 2.70. The highest BCUT2D eigenvalue weighted by atomic mass is 32.2. The van der Waals surface area contributed by atoms with Crippen molar-refractivity contribution in [3.8, 4) is 0 Å². The molecule has 0 radical (unpaired) electrons. The summed E-state index contributed by atoms with van der Waals surface area (Å²) in [6.45, 7) is 2.98. The van der Waals surface area contributed by atoms with Gasteiger partial charge in [-0.2, -0.15) is 0 Å². The molecule has 1 aromatic carbocycles. The summed E-state index contributed by atoms with van der Waals surface area (Å²) in [6.07, 6.45) is 5.73. The van der Waals surface area contributed by atoms with E-state index in [-0.39, 0.29) is 11.9 Å². The fraction of sp³-hybridized carbons (Fsp3) is 0.550. The van der Waals surface area contributed by atoms with E-state index in [4.69, 9.17) is 0 Å². The summed E-state index contributed by atoms with van der Waals surface area (Å²) >= 11 is 1.52. The lowest BCUT2D eigenvalue weighted by Crippen LogP contribution is -2.34. The Kier molecular flexibility index (Phi) is 5.02. The van der Waals surface area contributed by atoms with Gasteiger partial charge in [0.1, 0.15) is 5.82 Å². The van der Waals surface area contributed by atoms with E-state index in [1.54, 1.807) is 0 Å². The van der Waals surface area contributed by atoms with Crippen molar-refractivity contribution >= 4 is 17.7 Å². The molecule has 2 aliphatic carbocycles. The van der Waals surface area contributed by atoms with E-state index in [0.717, 1.165) is 36.8 Å². The molecule has 1 unspecified atom stereocenters. The summed E-state index contributed by atoms with van der Waals surface area (Å²) in [5.74, 6) is 2.25. The van der Waals surface area contributed by atoms with Crippen molar-refractivity contribution < 1.29 is 4.79 Å². The van der Waals surface area contributed by atoms with Gasteiger partial charge in [0.2, 0.25) is 5.91 Å². The quantitative estimate of drug-likeness (QED) is 0.726. The lowest BCUT2D eigenvalue weighted by atomic mass is 9.87. The van der Waals surface area contributed by atoms with Gasteiger partial charge in [0.25, 0.3) is 0 Å². The molecule has 0 N–H and O–H groups in total. The van der Waals surface area contributed by atoms with Crippen molar-refractivity contribution in [3.05, 3.63) is 41.2 Å². The number of carbonyl (C=O) groups is 1. The maximum absolute atomic E-state index is 12.8. The predicted molar refractivity (Wildman–Crippen MR) is 103 cm³/mol. The van der Waals surface area contributed by atoms with E-state index in [9.17, 15) is 4.79 Å². The lowest BCUT2D eigenvalue weighted by Gasteiger charge is -2.33. The van der Waals surface area contributed by atoms with Crippen LogP contribution in [0.4, 0.5) is 0 Å². The van der Waals surface area contributed by atoms with Gasteiger partial charge in [0.05, 0.1) is 11.8 Å². The molecule has 26 heavy (non-hydrogen) atoms. The van der Waals surface area contributed by atoms with Gasteiger partial charge in [-0.3, -0.25) is 4.79 Å². The summed E-state index contributed by atoms with van der Waals surface area (Å²) < 4.78 is 2.17. The molecule has 0 aliphatic heterocycles. The first-order valence-corrected chi connectivity index (χ1v) is 10.6. The maximum Gasteiger partial charge on any atom is 0.233 e. The van der Waals surface area contributed by atoms with Crippen LogP contribution >= 0.6 is 11.8 Å². The van der Waals surface area contributed by atoms with Gasteiger partial charge in [-0.1, -0.05) is 36.0 Å². The van der Waals surface area contributed by atoms with Gasteiger partial charge in [-0.25, -0.2) is 0 Å². The first kappa shape index (κ1) is 17.6. The minimum Gasteiger partial charge on any atom is -0.338 e. The first-order valence-electron chi connectivity index (χ1n) is 9.58. The molecule has 0 spiro atoms. The Morgan fingerprint density at radius 3 is 2.85 bits per heavy atom. The number of hydrogen-bond acceptors (Lipinski definition) is 4. The molecule has 1 atom stereocenters. The Hall–Kier alpha value is -1.82.